The number of carbonyl (C=O) groups is 1. The number of aromatic carboxylic acids is 1. The highest BCUT2D eigenvalue weighted by atomic mass is 32.2. The van der Waals surface area contributed by atoms with Crippen LogP contribution in [0.5, 0.6) is 0 Å². The average Bonchev–Trinajstić information content (AvgIpc) is 3.16. The molecule has 2 aromatic rings. The van der Waals surface area contributed by atoms with Crippen molar-refractivity contribution in [3.05, 3.63) is 59.7 Å². The molecular formula is C19H22N2O4S. The van der Waals surface area contributed by atoms with Gasteiger partial charge in [0.2, 0.25) is 10.0 Å². The number of sulfonamides is 1. The molecule has 0 aliphatic carbocycles. The van der Waals surface area contributed by atoms with Crippen LogP contribution in [0.25, 0.3) is 0 Å². The predicted molar refractivity (Wildman–Crippen MR) is 100 cm³/mol. The largest absolute Gasteiger partial charge is 0.478 e. The maximum absolute atomic E-state index is 12.8. The third kappa shape index (κ3) is 4.23. The van der Waals surface area contributed by atoms with Gasteiger partial charge in [-0.05, 0) is 43.0 Å². The van der Waals surface area contributed by atoms with Gasteiger partial charge in [0.15, 0.2) is 0 Å². The van der Waals surface area contributed by atoms with E-state index in [0.717, 1.165) is 31.5 Å². The van der Waals surface area contributed by atoms with Gasteiger partial charge >= 0.3 is 5.97 Å². The minimum absolute atomic E-state index is 0.0311. The third-order valence-corrected chi connectivity index (χ3v) is 5.98. The summed E-state index contributed by atoms with van der Waals surface area (Å²) in [6, 6.07) is 13.9. The van der Waals surface area contributed by atoms with E-state index in [9.17, 15) is 18.3 Å². The topological polar surface area (TPSA) is 86.7 Å². The van der Waals surface area contributed by atoms with E-state index < -0.39 is 16.0 Å². The van der Waals surface area contributed by atoms with Gasteiger partial charge in [-0.2, -0.15) is 0 Å². The number of nitrogens with zero attached hydrogens (tertiary/aromatic N) is 1. The summed E-state index contributed by atoms with van der Waals surface area (Å²) in [5.41, 5.74) is 1.57. The zero-order valence-electron chi connectivity index (χ0n) is 14.4. The molecule has 0 unspecified atom stereocenters. The summed E-state index contributed by atoms with van der Waals surface area (Å²) in [6.07, 6.45) is 2.57. The monoisotopic (exact) mass is 374 g/mol. The Morgan fingerprint density at radius 1 is 1.08 bits per heavy atom. The number of anilines is 1. The molecular weight excluding hydrogens is 352 g/mol. The molecule has 0 saturated carbocycles. The SMILES string of the molecule is O=C(O)c1ccc(N2CCCC2)c(S(=O)(=O)NCCc2ccccc2)c1. The number of nitrogens with one attached hydrogen (secondary N) is 1. The van der Waals surface area contributed by atoms with Crippen LogP contribution in [-0.2, 0) is 16.4 Å². The maximum atomic E-state index is 12.8. The van der Waals surface area contributed by atoms with Crippen molar-refractivity contribution in [1.29, 1.82) is 0 Å². The molecule has 0 atom stereocenters. The first-order valence-electron chi connectivity index (χ1n) is 8.63. The lowest BCUT2D eigenvalue weighted by Gasteiger charge is -2.22. The standard InChI is InChI=1S/C19H22N2O4S/c22-19(23)16-8-9-17(21-12-4-5-13-21)18(14-16)26(24,25)20-11-10-15-6-2-1-3-7-15/h1-3,6-9,14,20H,4-5,10-13H2,(H,22,23). The van der Waals surface area contributed by atoms with Gasteiger partial charge in [0.1, 0.15) is 4.90 Å². The Kier molecular flexibility index (Phi) is 5.58. The first-order chi connectivity index (χ1) is 12.5. The van der Waals surface area contributed by atoms with Gasteiger partial charge < -0.3 is 10.0 Å². The van der Waals surface area contributed by atoms with Gasteiger partial charge in [0, 0.05) is 19.6 Å². The molecule has 0 aromatic heterocycles. The Morgan fingerprint density at radius 3 is 2.42 bits per heavy atom. The van der Waals surface area contributed by atoms with E-state index in [0.29, 0.717) is 12.1 Å². The summed E-state index contributed by atoms with van der Waals surface area (Å²) in [5.74, 6) is -1.14. The second-order valence-corrected chi connectivity index (χ2v) is 8.05. The van der Waals surface area contributed by atoms with Crippen molar-refractivity contribution in [2.45, 2.75) is 24.2 Å². The van der Waals surface area contributed by atoms with Crippen LogP contribution in [0.3, 0.4) is 0 Å². The van der Waals surface area contributed by atoms with Crippen LogP contribution in [0.4, 0.5) is 5.69 Å². The Morgan fingerprint density at radius 2 is 1.77 bits per heavy atom. The van der Waals surface area contributed by atoms with Crippen molar-refractivity contribution >= 4 is 21.7 Å². The van der Waals surface area contributed by atoms with Crippen LogP contribution in [-0.4, -0.2) is 39.1 Å². The summed E-state index contributed by atoms with van der Waals surface area (Å²) in [6.45, 7) is 1.81. The molecule has 1 aliphatic rings. The molecule has 2 N–H and O–H groups in total. The number of carboxylic acid groups (broad SMARTS) is 1. The molecule has 1 heterocycles. The van der Waals surface area contributed by atoms with E-state index in [2.05, 4.69) is 4.72 Å². The maximum Gasteiger partial charge on any atom is 0.335 e. The van der Waals surface area contributed by atoms with Crippen LogP contribution < -0.4 is 9.62 Å². The fourth-order valence-electron chi connectivity index (χ4n) is 3.13. The van der Waals surface area contributed by atoms with Gasteiger partial charge in [0.05, 0.1) is 11.3 Å². The smallest absolute Gasteiger partial charge is 0.335 e. The fourth-order valence-corrected chi connectivity index (χ4v) is 4.41. The molecule has 138 valence electrons. The number of hydrogen-bond donors (Lipinski definition) is 2. The van der Waals surface area contributed by atoms with Gasteiger partial charge in [-0.3, -0.25) is 0 Å². The zero-order chi connectivity index (χ0) is 18.6. The second kappa shape index (κ2) is 7.88. The molecule has 0 radical (unpaired) electrons. The molecule has 0 spiro atoms. The van der Waals surface area contributed by atoms with Gasteiger partial charge in [0.25, 0.3) is 0 Å². The van der Waals surface area contributed by atoms with E-state index in [4.69, 9.17) is 0 Å². The van der Waals surface area contributed by atoms with Gasteiger partial charge in [-0.1, -0.05) is 30.3 Å². The normalized spacial score (nSPS) is 14.5. The summed E-state index contributed by atoms with van der Waals surface area (Å²) in [5, 5.41) is 9.23. The van der Waals surface area contributed by atoms with Gasteiger partial charge in [-0.25, -0.2) is 17.9 Å². The van der Waals surface area contributed by atoms with Crippen LogP contribution >= 0.6 is 0 Å². The lowest BCUT2D eigenvalue weighted by atomic mass is 10.2. The summed E-state index contributed by atoms with van der Waals surface area (Å²) in [7, 11) is -3.81. The van der Waals surface area contributed by atoms with Crippen molar-refractivity contribution < 1.29 is 18.3 Å². The van der Waals surface area contributed by atoms with Crippen LogP contribution in [0.2, 0.25) is 0 Å². The highest BCUT2D eigenvalue weighted by Gasteiger charge is 2.25. The van der Waals surface area contributed by atoms with Crippen molar-refractivity contribution in [3.63, 3.8) is 0 Å². The number of rotatable bonds is 7. The highest BCUT2D eigenvalue weighted by Crippen LogP contribution is 2.29. The Bertz CT molecular complexity index is 876. The lowest BCUT2D eigenvalue weighted by Crippen LogP contribution is -2.29. The summed E-state index contributed by atoms with van der Waals surface area (Å²) < 4.78 is 28.3. The van der Waals surface area contributed by atoms with Crippen molar-refractivity contribution in [1.82, 2.24) is 4.72 Å². The number of benzene rings is 2. The molecule has 0 amide bonds. The molecule has 3 rings (SSSR count). The Balaban J connectivity index is 1.84. The molecule has 0 bridgehead atoms. The minimum Gasteiger partial charge on any atom is -0.478 e. The van der Waals surface area contributed by atoms with Crippen LogP contribution in [0.15, 0.2) is 53.4 Å². The van der Waals surface area contributed by atoms with Crippen LogP contribution in [0.1, 0.15) is 28.8 Å². The molecule has 6 nitrogen and oxygen atoms in total. The lowest BCUT2D eigenvalue weighted by molar-refractivity contribution is 0.0696. The second-order valence-electron chi connectivity index (χ2n) is 6.32. The van der Waals surface area contributed by atoms with Crippen molar-refractivity contribution in [2.24, 2.45) is 0 Å². The first kappa shape index (κ1) is 18.4. The number of hydrogen-bond acceptors (Lipinski definition) is 4. The van der Waals surface area contributed by atoms with Gasteiger partial charge in [-0.15, -0.1) is 0 Å². The van der Waals surface area contributed by atoms with E-state index in [1.54, 1.807) is 6.07 Å². The van der Waals surface area contributed by atoms with Crippen LogP contribution in [0, 0.1) is 0 Å². The molecule has 26 heavy (non-hydrogen) atoms. The quantitative estimate of drug-likeness (QED) is 0.778. The van der Waals surface area contributed by atoms with E-state index in [1.807, 2.05) is 35.2 Å². The van der Waals surface area contributed by atoms with Crippen molar-refractivity contribution in [2.75, 3.05) is 24.5 Å². The molecule has 7 heteroatoms. The minimum atomic E-state index is -3.81. The summed E-state index contributed by atoms with van der Waals surface area (Å²) in [4.78, 5) is 13.3. The summed E-state index contributed by atoms with van der Waals surface area (Å²) >= 11 is 0. The van der Waals surface area contributed by atoms with E-state index in [-0.39, 0.29) is 17.0 Å². The molecule has 1 saturated heterocycles. The molecule has 1 aliphatic heterocycles. The fraction of sp³-hybridized carbons (Fsp3) is 0.316. The molecule has 2 aromatic carbocycles. The number of carboxylic acids is 1. The molecule has 1 fully saturated rings. The highest BCUT2D eigenvalue weighted by molar-refractivity contribution is 7.89. The van der Waals surface area contributed by atoms with Crippen molar-refractivity contribution in [3.8, 4) is 0 Å². The first-order valence-corrected chi connectivity index (χ1v) is 10.1. The predicted octanol–water partition coefficient (Wildman–Crippen LogP) is 2.51. The van der Waals surface area contributed by atoms with E-state index >= 15 is 0 Å². The Labute approximate surface area is 153 Å². The van der Waals surface area contributed by atoms with E-state index in [1.165, 1.54) is 12.1 Å². The third-order valence-electron chi connectivity index (χ3n) is 4.49. The zero-order valence-corrected chi connectivity index (χ0v) is 15.2. The average molecular weight is 374 g/mol. The Hall–Kier alpha value is -2.38.